The molecule has 1 aliphatic heterocycles. The Hall–Kier alpha value is -0.810. The monoisotopic (exact) mass is 299 g/mol. The normalized spacial score (nSPS) is 19.5. The highest BCUT2D eigenvalue weighted by atomic mass is 79.9. The van der Waals surface area contributed by atoms with Crippen LogP contribution in [0.2, 0.25) is 0 Å². The Labute approximate surface area is 110 Å². The van der Waals surface area contributed by atoms with Crippen LogP contribution in [0.25, 0.3) is 0 Å². The Morgan fingerprint density at radius 2 is 2.53 bits per heavy atom. The summed E-state index contributed by atoms with van der Waals surface area (Å²) in [5.41, 5.74) is 0.696. The van der Waals surface area contributed by atoms with E-state index in [2.05, 4.69) is 26.6 Å². The first-order valence-electron chi connectivity index (χ1n) is 5.97. The number of hydrogen-bond donors (Lipinski definition) is 2. The number of carbonyl (C=O) groups is 1. The van der Waals surface area contributed by atoms with Crippen molar-refractivity contribution in [3.8, 4) is 0 Å². The van der Waals surface area contributed by atoms with Gasteiger partial charge in [0.2, 0.25) is 0 Å². The van der Waals surface area contributed by atoms with E-state index in [1.165, 1.54) is 6.42 Å². The Morgan fingerprint density at radius 3 is 3.12 bits per heavy atom. The van der Waals surface area contributed by atoms with Crippen LogP contribution in [0.1, 0.15) is 23.3 Å². The molecule has 0 aromatic carbocycles. The van der Waals surface area contributed by atoms with E-state index in [4.69, 9.17) is 0 Å². The number of rotatable bonds is 4. The maximum absolute atomic E-state index is 11.9. The van der Waals surface area contributed by atoms with Crippen LogP contribution in [0.3, 0.4) is 0 Å². The molecule has 2 N–H and O–H groups in total. The fourth-order valence-corrected chi connectivity index (χ4v) is 2.72. The average molecular weight is 300 g/mol. The molecule has 5 heteroatoms. The fraction of sp³-hybridized carbons (Fsp3) is 0.583. The lowest BCUT2D eigenvalue weighted by molar-refractivity contribution is 0.0943. The Balaban J connectivity index is 1.78. The molecule has 1 saturated heterocycles. The standard InChI is InChI=1S/C12H18BrN3O/c1-16-8-10(13)6-11(16)12(17)15-5-3-9-2-4-14-7-9/h6,8-9,14H,2-5,7H2,1H3,(H,15,17). The third kappa shape index (κ3) is 3.33. The van der Waals surface area contributed by atoms with E-state index >= 15 is 0 Å². The summed E-state index contributed by atoms with van der Waals surface area (Å²) >= 11 is 3.36. The van der Waals surface area contributed by atoms with Gasteiger partial charge in [-0.25, -0.2) is 0 Å². The van der Waals surface area contributed by atoms with Gasteiger partial charge >= 0.3 is 0 Å². The molecule has 1 atom stereocenters. The number of aromatic nitrogens is 1. The molecular formula is C12H18BrN3O. The summed E-state index contributed by atoms with van der Waals surface area (Å²) in [4.78, 5) is 11.9. The molecule has 2 heterocycles. The molecule has 0 aliphatic carbocycles. The molecule has 17 heavy (non-hydrogen) atoms. The summed E-state index contributed by atoms with van der Waals surface area (Å²) in [6.45, 7) is 2.96. The highest BCUT2D eigenvalue weighted by molar-refractivity contribution is 9.10. The van der Waals surface area contributed by atoms with Crippen LogP contribution >= 0.6 is 15.9 Å². The molecule has 1 aromatic heterocycles. The van der Waals surface area contributed by atoms with Crippen molar-refractivity contribution in [3.63, 3.8) is 0 Å². The topological polar surface area (TPSA) is 46.1 Å². The second-order valence-electron chi connectivity index (χ2n) is 4.56. The van der Waals surface area contributed by atoms with E-state index < -0.39 is 0 Å². The van der Waals surface area contributed by atoms with E-state index in [1.807, 2.05) is 23.9 Å². The molecule has 0 spiro atoms. The molecule has 1 amide bonds. The third-order valence-electron chi connectivity index (χ3n) is 3.20. The maximum atomic E-state index is 11.9. The van der Waals surface area contributed by atoms with Gasteiger partial charge in [-0.1, -0.05) is 0 Å². The van der Waals surface area contributed by atoms with E-state index in [9.17, 15) is 4.79 Å². The van der Waals surface area contributed by atoms with Crippen molar-refractivity contribution < 1.29 is 4.79 Å². The van der Waals surface area contributed by atoms with E-state index in [0.29, 0.717) is 5.69 Å². The first-order chi connectivity index (χ1) is 8.16. The predicted octanol–water partition coefficient (Wildman–Crippen LogP) is 1.52. The van der Waals surface area contributed by atoms with Crippen LogP contribution in [-0.2, 0) is 7.05 Å². The van der Waals surface area contributed by atoms with E-state index in [1.54, 1.807) is 0 Å². The van der Waals surface area contributed by atoms with Gasteiger partial charge in [0.25, 0.3) is 5.91 Å². The largest absolute Gasteiger partial charge is 0.351 e. The molecule has 4 nitrogen and oxygen atoms in total. The molecule has 0 bridgehead atoms. The molecule has 1 aliphatic rings. The summed E-state index contributed by atoms with van der Waals surface area (Å²) in [5, 5.41) is 6.30. The second-order valence-corrected chi connectivity index (χ2v) is 5.47. The van der Waals surface area contributed by atoms with Crippen molar-refractivity contribution in [2.24, 2.45) is 13.0 Å². The molecule has 1 unspecified atom stereocenters. The summed E-state index contributed by atoms with van der Waals surface area (Å²) < 4.78 is 2.77. The van der Waals surface area contributed by atoms with Crippen molar-refractivity contribution >= 4 is 21.8 Å². The van der Waals surface area contributed by atoms with Gasteiger partial charge in [0.05, 0.1) is 0 Å². The van der Waals surface area contributed by atoms with Gasteiger partial charge in [0.15, 0.2) is 0 Å². The zero-order chi connectivity index (χ0) is 12.3. The van der Waals surface area contributed by atoms with Gasteiger partial charge < -0.3 is 15.2 Å². The molecular weight excluding hydrogens is 282 g/mol. The van der Waals surface area contributed by atoms with Crippen molar-refractivity contribution in [3.05, 3.63) is 22.4 Å². The SMILES string of the molecule is Cn1cc(Br)cc1C(=O)NCCC1CCNC1. The number of carbonyl (C=O) groups excluding carboxylic acids is 1. The van der Waals surface area contributed by atoms with Crippen molar-refractivity contribution in [1.29, 1.82) is 0 Å². The van der Waals surface area contributed by atoms with Crippen molar-refractivity contribution in [2.45, 2.75) is 12.8 Å². The molecule has 0 radical (unpaired) electrons. The van der Waals surface area contributed by atoms with Crippen LogP contribution < -0.4 is 10.6 Å². The summed E-state index contributed by atoms with van der Waals surface area (Å²) in [6.07, 6.45) is 4.17. The Morgan fingerprint density at radius 1 is 1.71 bits per heavy atom. The highest BCUT2D eigenvalue weighted by Gasteiger charge is 2.15. The number of halogens is 1. The number of amides is 1. The fourth-order valence-electron chi connectivity index (χ4n) is 2.19. The average Bonchev–Trinajstić information content (AvgIpc) is 2.88. The van der Waals surface area contributed by atoms with Gasteiger partial charge in [-0.05, 0) is 53.8 Å². The number of aryl methyl sites for hydroxylation is 1. The second kappa shape index (κ2) is 5.69. The van der Waals surface area contributed by atoms with Gasteiger partial charge in [0.1, 0.15) is 5.69 Å². The third-order valence-corrected chi connectivity index (χ3v) is 3.64. The van der Waals surface area contributed by atoms with Crippen LogP contribution in [0.4, 0.5) is 0 Å². The van der Waals surface area contributed by atoms with Gasteiger partial charge in [-0.3, -0.25) is 4.79 Å². The summed E-state index contributed by atoms with van der Waals surface area (Å²) in [7, 11) is 1.88. The van der Waals surface area contributed by atoms with E-state index in [0.717, 1.165) is 36.4 Å². The quantitative estimate of drug-likeness (QED) is 0.885. The van der Waals surface area contributed by atoms with Crippen LogP contribution in [0.15, 0.2) is 16.7 Å². The number of nitrogens with one attached hydrogen (secondary N) is 2. The smallest absolute Gasteiger partial charge is 0.267 e. The molecule has 94 valence electrons. The molecule has 1 aromatic rings. The number of hydrogen-bond acceptors (Lipinski definition) is 2. The minimum Gasteiger partial charge on any atom is -0.351 e. The summed E-state index contributed by atoms with van der Waals surface area (Å²) in [6, 6.07) is 1.84. The van der Waals surface area contributed by atoms with E-state index in [-0.39, 0.29) is 5.91 Å². The molecule has 0 saturated carbocycles. The Bertz CT molecular complexity index is 396. The van der Waals surface area contributed by atoms with Gasteiger partial charge in [-0.15, -0.1) is 0 Å². The van der Waals surface area contributed by atoms with Crippen LogP contribution in [-0.4, -0.2) is 30.1 Å². The molecule has 1 fully saturated rings. The first kappa shape index (κ1) is 12.6. The van der Waals surface area contributed by atoms with Crippen molar-refractivity contribution in [1.82, 2.24) is 15.2 Å². The highest BCUT2D eigenvalue weighted by Crippen LogP contribution is 2.14. The Kier molecular flexibility index (Phi) is 4.23. The summed E-state index contributed by atoms with van der Waals surface area (Å²) in [5.74, 6) is 0.722. The zero-order valence-electron chi connectivity index (χ0n) is 10.0. The van der Waals surface area contributed by atoms with Crippen LogP contribution in [0.5, 0.6) is 0 Å². The number of nitrogens with zero attached hydrogens (tertiary/aromatic N) is 1. The minimum absolute atomic E-state index is 0.00385. The zero-order valence-corrected chi connectivity index (χ0v) is 11.6. The first-order valence-corrected chi connectivity index (χ1v) is 6.77. The van der Waals surface area contributed by atoms with Gasteiger partial charge in [0, 0.05) is 24.3 Å². The minimum atomic E-state index is 0.00385. The lowest BCUT2D eigenvalue weighted by Crippen LogP contribution is -2.27. The predicted molar refractivity (Wildman–Crippen MR) is 71.0 cm³/mol. The van der Waals surface area contributed by atoms with Crippen molar-refractivity contribution in [2.75, 3.05) is 19.6 Å². The van der Waals surface area contributed by atoms with Crippen LogP contribution in [0, 0.1) is 5.92 Å². The maximum Gasteiger partial charge on any atom is 0.267 e. The molecule has 2 rings (SSSR count). The van der Waals surface area contributed by atoms with Gasteiger partial charge in [-0.2, -0.15) is 0 Å². The lowest BCUT2D eigenvalue weighted by atomic mass is 10.1. The lowest BCUT2D eigenvalue weighted by Gasteiger charge is -2.09.